The molecule has 82 heavy (non-hydrogen) atoms. The van der Waals surface area contributed by atoms with E-state index >= 15 is 0 Å². The molecule has 6 N–H and O–H groups in total. The molecule has 0 saturated carbocycles. The van der Waals surface area contributed by atoms with Gasteiger partial charge in [-0.05, 0) is 44.9 Å². The number of hydrogen-bond donors (Lipinski definition) is 6. The van der Waals surface area contributed by atoms with Gasteiger partial charge in [0.15, 0.2) is 6.29 Å². The van der Waals surface area contributed by atoms with Gasteiger partial charge in [-0.2, -0.15) is 0 Å². The Morgan fingerprint density at radius 3 is 0.988 bits per heavy atom. The van der Waals surface area contributed by atoms with Gasteiger partial charge in [-0.25, -0.2) is 0 Å². The summed E-state index contributed by atoms with van der Waals surface area (Å²) >= 11 is 0. The summed E-state index contributed by atoms with van der Waals surface area (Å²) in [5.41, 5.74) is 0. The highest BCUT2D eigenvalue weighted by Crippen LogP contribution is 2.24. The fourth-order valence-electron chi connectivity index (χ4n) is 12.0. The average molecular weight is 1160 g/mol. The molecule has 0 aromatic carbocycles. The Hall–Kier alpha value is -1.33. The summed E-state index contributed by atoms with van der Waals surface area (Å²) in [4.78, 5) is 13.1. The molecule has 1 amide bonds. The molecule has 1 aliphatic rings. The summed E-state index contributed by atoms with van der Waals surface area (Å²) < 4.78 is 11.3. The van der Waals surface area contributed by atoms with Crippen molar-refractivity contribution in [3.63, 3.8) is 0 Å². The Bertz CT molecular complexity index is 1340. The summed E-state index contributed by atoms with van der Waals surface area (Å²) in [5.74, 6) is -0.168. The van der Waals surface area contributed by atoms with Crippen molar-refractivity contribution in [1.82, 2.24) is 5.32 Å². The van der Waals surface area contributed by atoms with Crippen LogP contribution in [-0.2, 0) is 14.3 Å². The maximum Gasteiger partial charge on any atom is 0.220 e. The fourth-order valence-corrected chi connectivity index (χ4v) is 12.0. The third-order valence-electron chi connectivity index (χ3n) is 17.8. The van der Waals surface area contributed by atoms with Gasteiger partial charge in [-0.3, -0.25) is 4.79 Å². The van der Waals surface area contributed by atoms with Crippen LogP contribution >= 0.6 is 0 Å². The number of allylic oxidation sites excluding steroid dienone is 3. The lowest BCUT2D eigenvalue weighted by atomic mass is 9.99. The molecule has 1 fully saturated rings. The van der Waals surface area contributed by atoms with Gasteiger partial charge in [0.25, 0.3) is 0 Å². The van der Waals surface area contributed by atoms with Crippen LogP contribution < -0.4 is 5.32 Å². The SMILES string of the molecule is CCCCCCCCCC/C=C\CCCCCCCCCCCCCCCCCCCC(=O)NC(COC1OC(CO)C(O)C(O)C1O)C(O)/C=C/CCCCCCCCCCCCCCCCCCCCCCCCCCCCCC. The van der Waals surface area contributed by atoms with Crippen molar-refractivity contribution in [3.8, 4) is 0 Å². The third kappa shape index (κ3) is 50.8. The average Bonchev–Trinajstić information content (AvgIpc) is 3.57. The number of rotatable bonds is 65. The van der Waals surface area contributed by atoms with Crippen molar-refractivity contribution >= 4 is 5.91 Å². The normalized spacial score (nSPS) is 18.4. The van der Waals surface area contributed by atoms with Gasteiger partial charge < -0.3 is 40.3 Å². The molecule has 1 aliphatic heterocycles. The maximum absolute atomic E-state index is 13.1. The summed E-state index contributed by atoms with van der Waals surface area (Å²) in [6.45, 7) is 3.84. The molecule has 7 atom stereocenters. The van der Waals surface area contributed by atoms with Gasteiger partial charge in [-0.1, -0.05) is 353 Å². The van der Waals surface area contributed by atoms with E-state index < -0.39 is 49.5 Å². The van der Waals surface area contributed by atoms with Crippen molar-refractivity contribution in [3.05, 3.63) is 24.3 Å². The molecule has 9 heteroatoms. The molecule has 1 rings (SSSR count). The van der Waals surface area contributed by atoms with Crippen LogP contribution in [0, 0.1) is 0 Å². The van der Waals surface area contributed by atoms with Crippen molar-refractivity contribution in [1.29, 1.82) is 0 Å². The van der Waals surface area contributed by atoms with E-state index in [0.29, 0.717) is 6.42 Å². The van der Waals surface area contributed by atoms with Gasteiger partial charge in [0.05, 0.1) is 25.4 Å². The first kappa shape index (κ1) is 78.7. The van der Waals surface area contributed by atoms with E-state index in [1.165, 1.54) is 321 Å². The zero-order valence-corrected chi connectivity index (χ0v) is 54.5. The standard InChI is InChI=1S/C73H141NO8/c1-3-5-7-9-11-13-15-17-19-21-23-25-27-29-31-33-35-36-38-40-42-44-46-48-50-52-54-56-58-60-62-67(76)66(65-81-73-72(80)71(79)70(78)68(64-75)82-73)74-69(77)63-61-59-57-55-53-51-49-47-45-43-41-39-37-34-32-30-28-26-24-22-20-18-16-14-12-10-8-6-4-2/h22,24,60,62,66-68,70-73,75-76,78-80H,3-21,23,25-59,61,63-65H2,1-2H3,(H,74,77)/b24-22-,62-60+. The Labute approximate surface area is 509 Å². The molecule has 0 aromatic rings. The molecule has 0 radical (unpaired) electrons. The lowest BCUT2D eigenvalue weighted by Gasteiger charge is -2.40. The number of carbonyl (C=O) groups excluding carboxylic acids is 1. The van der Waals surface area contributed by atoms with E-state index in [1.54, 1.807) is 6.08 Å². The smallest absolute Gasteiger partial charge is 0.220 e. The molecule has 1 heterocycles. The molecule has 0 bridgehead atoms. The van der Waals surface area contributed by atoms with E-state index in [0.717, 1.165) is 38.5 Å². The molecular weight excluding hydrogens is 1020 g/mol. The third-order valence-corrected chi connectivity index (χ3v) is 17.8. The molecule has 7 unspecified atom stereocenters. The predicted molar refractivity (Wildman–Crippen MR) is 350 cm³/mol. The van der Waals surface area contributed by atoms with E-state index in [2.05, 4.69) is 31.3 Å². The van der Waals surface area contributed by atoms with Crippen molar-refractivity contribution in [2.24, 2.45) is 0 Å². The molecule has 0 aromatic heterocycles. The largest absolute Gasteiger partial charge is 0.394 e. The Morgan fingerprint density at radius 2 is 0.683 bits per heavy atom. The molecule has 0 aliphatic carbocycles. The van der Waals surface area contributed by atoms with Crippen molar-refractivity contribution in [2.45, 2.75) is 423 Å². The number of aliphatic hydroxyl groups is 5. The highest BCUT2D eigenvalue weighted by Gasteiger charge is 2.44. The fraction of sp³-hybridized carbons (Fsp3) is 0.932. The Kier molecular flexibility index (Phi) is 60.2. The minimum Gasteiger partial charge on any atom is -0.394 e. The van der Waals surface area contributed by atoms with Crippen LogP contribution in [0.4, 0.5) is 0 Å². The number of ether oxygens (including phenoxy) is 2. The monoisotopic (exact) mass is 1160 g/mol. The quantitative estimate of drug-likeness (QED) is 0.0261. The summed E-state index contributed by atoms with van der Waals surface area (Å²) in [6, 6.07) is -0.804. The molecule has 0 spiro atoms. The van der Waals surface area contributed by atoms with E-state index in [9.17, 15) is 30.3 Å². The highest BCUT2D eigenvalue weighted by atomic mass is 16.7. The molecular formula is C73H141NO8. The minimum atomic E-state index is -1.57. The first-order valence-corrected chi connectivity index (χ1v) is 36.6. The van der Waals surface area contributed by atoms with E-state index in [1.807, 2.05) is 6.08 Å². The van der Waals surface area contributed by atoms with Crippen LogP contribution in [0.5, 0.6) is 0 Å². The van der Waals surface area contributed by atoms with Gasteiger partial charge in [0.2, 0.25) is 5.91 Å². The van der Waals surface area contributed by atoms with Crippen LogP contribution in [0.2, 0.25) is 0 Å². The van der Waals surface area contributed by atoms with Crippen molar-refractivity contribution in [2.75, 3.05) is 13.2 Å². The van der Waals surface area contributed by atoms with Gasteiger partial charge >= 0.3 is 0 Å². The van der Waals surface area contributed by atoms with Crippen LogP contribution in [0.3, 0.4) is 0 Å². The number of aliphatic hydroxyl groups excluding tert-OH is 5. The first-order chi connectivity index (χ1) is 40.3. The second-order valence-electron chi connectivity index (χ2n) is 25.7. The predicted octanol–water partition coefficient (Wildman–Crippen LogP) is 20.0. The number of nitrogens with one attached hydrogen (secondary N) is 1. The Morgan fingerprint density at radius 1 is 0.402 bits per heavy atom. The van der Waals surface area contributed by atoms with Crippen LogP contribution in [0.1, 0.15) is 380 Å². The summed E-state index contributed by atoms with van der Waals surface area (Å²) in [5, 5.41) is 54.8. The highest BCUT2D eigenvalue weighted by molar-refractivity contribution is 5.76. The number of hydrogen-bond acceptors (Lipinski definition) is 8. The van der Waals surface area contributed by atoms with Gasteiger partial charge in [-0.15, -0.1) is 0 Å². The lowest BCUT2D eigenvalue weighted by Crippen LogP contribution is -2.60. The van der Waals surface area contributed by atoms with E-state index in [-0.39, 0.29) is 12.5 Å². The van der Waals surface area contributed by atoms with Crippen LogP contribution in [0.25, 0.3) is 0 Å². The first-order valence-electron chi connectivity index (χ1n) is 36.6. The summed E-state index contributed by atoms with van der Waals surface area (Å²) in [7, 11) is 0. The van der Waals surface area contributed by atoms with Gasteiger partial charge in [0.1, 0.15) is 24.4 Å². The second kappa shape index (κ2) is 62.7. The zero-order valence-electron chi connectivity index (χ0n) is 54.5. The topological polar surface area (TPSA) is 149 Å². The van der Waals surface area contributed by atoms with Gasteiger partial charge in [0, 0.05) is 6.42 Å². The minimum absolute atomic E-state index is 0.168. The molecule has 1 saturated heterocycles. The maximum atomic E-state index is 13.1. The van der Waals surface area contributed by atoms with Crippen molar-refractivity contribution < 1.29 is 39.8 Å². The number of unbranched alkanes of at least 4 members (excludes halogenated alkanes) is 53. The number of amides is 1. The molecule has 9 nitrogen and oxygen atoms in total. The summed E-state index contributed by atoms with van der Waals surface area (Å²) in [6.07, 6.45) is 75.8. The lowest BCUT2D eigenvalue weighted by molar-refractivity contribution is -0.302. The Balaban J connectivity index is 2.11. The van der Waals surface area contributed by atoms with Crippen LogP contribution in [0.15, 0.2) is 24.3 Å². The van der Waals surface area contributed by atoms with Crippen LogP contribution in [-0.4, -0.2) is 87.5 Å². The van der Waals surface area contributed by atoms with E-state index in [4.69, 9.17) is 9.47 Å². The zero-order chi connectivity index (χ0) is 59.3. The molecule has 486 valence electrons. The second-order valence-corrected chi connectivity index (χ2v) is 25.7. The number of carbonyl (C=O) groups is 1.